The van der Waals surface area contributed by atoms with E-state index in [1.54, 1.807) is 23.1 Å². The molecule has 1 saturated heterocycles. The lowest BCUT2D eigenvalue weighted by atomic mass is 10.0. The zero-order valence-electron chi connectivity index (χ0n) is 15.8. The highest BCUT2D eigenvalue weighted by Crippen LogP contribution is 2.26. The van der Waals surface area contributed by atoms with Crippen LogP contribution in [0.1, 0.15) is 65.2 Å². The summed E-state index contributed by atoms with van der Waals surface area (Å²) in [5.74, 6) is -0.292. The van der Waals surface area contributed by atoms with E-state index in [4.69, 9.17) is 4.74 Å². The number of carbonyl (C=O) groups excluding carboxylic acids is 3. The van der Waals surface area contributed by atoms with Gasteiger partial charge in [-0.1, -0.05) is 13.8 Å². The maximum Gasteiger partial charge on any atom is 0.261 e. The van der Waals surface area contributed by atoms with Gasteiger partial charge in [-0.3, -0.25) is 19.3 Å². The second-order valence-electron chi connectivity index (χ2n) is 7.67. The van der Waals surface area contributed by atoms with Crippen LogP contribution in [-0.2, 0) is 4.74 Å². The third kappa shape index (κ3) is 3.51. The maximum atomic E-state index is 12.8. The van der Waals surface area contributed by atoms with Crippen molar-refractivity contribution >= 4 is 17.7 Å². The molecule has 1 fully saturated rings. The molecule has 0 aliphatic carbocycles. The quantitative estimate of drug-likeness (QED) is 0.776. The van der Waals surface area contributed by atoms with E-state index in [1.807, 2.05) is 13.8 Å². The molecule has 2 heterocycles. The van der Waals surface area contributed by atoms with Crippen LogP contribution in [0.4, 0.5) is 0 Å². The Morgan fingerprint density at radius 2 is 1.73 bits per heavy atom. The molecule has 140 valence electrons. The number of imide groups is 1. The molecule has 2 aliphatic heterocycles. The molecular formula is C20H26N2O4. The molecule has 0 saturated carbocycles. The zero-order chi connectivity index (χ0) is 19.0. The fourth-order valence-corrected chi connectivity index (χ4v) is 3.54. The molecule has 6 heteroatoms. The highest BCUT2D eigenvalue weighted by molar-refractivity contribution is 6.22. The van der Waals surface area contributed by atoms with Crippen molar-refractivity contribution in [2.24, 2.45) is 5.92 Å². The Morgan fingerprint density at radius 3 is 2.35 bits per heavy atom. The number of hydrogen-bond acceptors (Lipinski definition) is 4. The molecule has 3 rings (SSSR count). The molecule has 0 N–H and O–H groups in total. The van der Waals surface area contributed by atoms with Gasteiger partial charge >= 0.3 is 0 Å². The number of ether oxygens (including phenoxy) is 1. The van der Waals surface area contributed by atoms with Gasteiger partial charge in [0, 0.05) is 25.2 Å². The summed E-state index contributed by atoms with van der Waals surface area (Å²) in [4.78, 5) is 41.0. The van der Waals surface area contributed by atoms with E-state index in [0.717, 1.165) is 6.42 Å². The summed E-state index contributed by atoms with van der Waals surface area (Å²) in [6.07, 6.45) is 0.722. The normalized spacial score (nSPS) is 23.0. The van der Waals surface area contributed by atoms with Gasteiger partial charge in [-0.15, -0.1) is 0 Å². The fourth-order valence-electron chi connectivity index (χ4n) is 3.54. The number of rotatable bonds is 4. The Labute approximate surface area is 154 Å². The highest BCUT2D eigenvalue weighted by atomic mass is 16.5. The average Bonchev–Trinajstić information content (AvgIpc) is 2.82. The molecular weight excluding hydrogens is 332 g/mol. The van der Waals surface area contributed by atoms with Crippen molar-refractivity contribution in [3.8, 4) is 0 Å². The highest BCUT2D eigenvalue weighted by Gasteiger charge is 2.36. The molecule has 26 heavy (non-hydrogen) atoms. The predicted molar refractivity (Wildman–Crippen MR) is 97.2 cm³/mol. The van der Waals surface area contributed by atoms with Gasteiger partial charge in [0.1, 0.15) is 0 Å². The first-order valence-electron chi connectivity index (χ1n) is 9.23. The standard InChI is InChI=1S/C20H26N2O4/c1-12(2)7-8-22-19(24)16-6-5-15(9-17(16)20(22)25)18(23)21-10-13(3)26-14(4)11-21/h5-6,9,12-14H,7-8,10-11H2,1-4H3/t13-,14-/m1/s1. The maximum absolute atomic E-state index is 12.8. The number of benzene rings is 1. The molecule has 0 bridgehead atoms. The summed E-state index contributed by atoms with van der Waals surface area (Å²) in [6, 6.07) is 4.81. The van der Waals surface area contributed by atoms with Crippen molar-refractivity contribution < 1.29 is 19.1 Å². The summed E-state index contributed by atoms with van der Waals surface area (Å²) in [5.41, 5.74) is 1.16. The van der Waals surface area contributed by atoms with Crippen molar-refractivity contribution in [1.82, 2.24) is 9.80 Å². The number of morpholine rings is 1. The van der Waals surface area contributed by atoms with Crippen molar-refractivity contribution in [1.29, 1.82) is 0 Å². The van der Waals surface area contributed by atoms with Gasteiger partial charge in [0.2, 0.25) is 0 Å². The van der Waals surface area contributed by atoms with Crippen molar-refractivity contribution in [2.45, 2.75) is 46.3 Å². The van der Waals surface area contributed by atoms with Gasteiger partial charge in [0.05, 0.1) is 23.3 Å². The smallest absolute Gasteiger partial charge is 0.261 e. The molecule has 1 aromatic carbocycles. The van der Waals surface area contributed by atoms with Crippen LogP contribution >= 0.6 is 0 Å². The lowest BCUT2D eigenvalue weighted by molar-refractivity contribution is -0.0586. The van der Waals surface area contributed by atoms with E-state index < -0.39 is 0 Å². The van der Waals surface area contributed by atoms with E-state index >= 15 is 0 Å². The molecule has 3 amide bonds. The minimum absolute atomic E-state index is 0.0214. The average molecular weight is 358 g/mol. The van der Waals surface area contributed by atoms with Gasteiger partial charge in [-0.25, -0.2) is 0 Å². The first-order valence-corrected chi connectivity index (χ1v) is 9.23. The largest absolute Gasteiger partial charge is 0.372 e. The Hall–Kier alpha value is -2.21. The SMILES string of the molecule is CC(C)CCN1C(=O)c2ccc(C(=O)N3C[C@@H](C)O[C@H](C)C3)cc2C1=O. The summed E-state index contributed by atoms with van der Waals surface area (Å²) in [7, 11) is 0. The van der Waals surface area contributed by atoms with E-state index in [9.17, 15) is 14.4 Å². The molecule has 6 nitrogen and oxygen atoms in total. The van der Waals surface area contributed by atoms with Crippen LogP contribution in [0.3, 0.4) is 0 Å². The topological polar surface area (TPSA) is 66.9 Å². The van der Waals surface area contributed by atoms with Gasteiger partial charge in [-0.05, 0) is 44.4 Å². The first kappa shape index (κ1) is 18.6. The second-order valence-corrected chi connectivity index (χ2v) is 7.67. The molecule has 2 atom stereocenters. The summed E-state index contributed by atoms with van der Waals surface area (Å²) < 4.78 is 5.67. The first-order chi connectivity index (χ1) is 12.3. The third-order valence-electron chi connectivity index (χ3n) is 4.85. The van der Waals surface area contributed by atoms with Gasteiger partial charge in [0.15, 0.2) is 0 Å². The van der Waals surface area contributed by atoms with E-state index in [1.165, 1.54) is 4.90 Å². The molecule has 0 radical (unpaired) electrons. The van der Waals surface area contributed by atoms with E-state index in [-0.39, 0.29) is 29.9 Å². The number of nitrogens with zero attached hydrogens (tertiary/aromatic N) is 2. The molecule has 0 aromatic heterocycles. The fraction of sp³-hybridized carbons (Fsp3) is 0.550. The third-order valence-corrected chi connectivity index (χ3v) is 4.85. The Balaban J connectivity index is 1.81. The van der Waals surface area contributed by atoms with Crippen LogP contribution in [0, 0.1) is 5.92 Å². The second kappa shape index (κ2) is 7.19. The molecule has 2 aliphatic rings. The van der Waals surface area contributed by atoms with Crippen LogP contribution < -0.4 is 0 Å². The summed E-state index contributed by atoms with van der Waals surface area (Å²) in [5, 5.41) is 0. The van der Waals surface area contributed by atoms with E-state index in [0.29, 0.717) is 42.2 Å². The van der Waals surface area contributed by atoms with Crippen LogP contribution in [0.5, 0.6) is 0 Å². The van der Waals surface area contributed by atoms with Crippen LogP contribution in [0.2, 0.25) is 0 Å². The van der Waals surface area contributed by atoms with Crippen molar-refractivity contribution in [2.75, 3.05) is 19.6 Å². The van der Waals surface area contributed by atoms with Crippen LogP contribution in [0.15, 0.2) is 18.2 Å². The molecule has 1 aromatic rings. The number of hydrogen-bond donors (Lipinski definition) is 0. The van der Waals surface area contributed by atoms with Crippen molar-refractivity contribution in [3.05, 3.63) is 34.9 Å². The lowest BCUT2D eigenvalue weighted by Crippen LogP contribution is -2.48. The Bertz CT molecular complexity index is 733. The molecule has 0 unspecified atom stereocenters. The van der Waals surface area contributed by atoms with Gasteiger partial charge in [-0.2, -0.15) is 0 Å². The van der Waals surface area contributed by atoms with Crippen molar-refractivity contribution in [3.63, 3.8) is 0 Å². The summed E-state index contributed by atoms with van der Waals surface area (Å²) >= 11 is 0. The zero-order valence-corrected chi connectivity index (χ0v) is 15.8. The number of amides is 3. The summed E-state index contributed by atoms with van der Waals surface area (Å²) in [6.45, 7) is 9.44. The minimum Gasteiger partial charge on any atom is -0.372 e. The Morgan fingerprint density at radius 1 is 1.12 bits per heavy atom. The number of fused-ring (bicyclic) bond motifs is 1. The van der Waals surface area contributed by atoms with Gasteiger partial charge < -0.3 is 9.64 Å². The van der Waals surface area contributed by atoms with Crippen LogP contribution in [0.25, 0.3) is 0 Å². The molecule has 0 spiro atoms. The van der Waals surface area contributed by atoms with Gasteiger partial charge in [0.25, 0.3) is 17.7 Å². The lowest BCUT2D eigenvalue weighted by Gasteiger charge is -2.35. The monoisotopic (exact) mass is 358 g/mol. The van der Waals surface area contributed by atoms with E-state index in [2.05, 4.69) is 13.8 Å². The minimum atomic E-state index is -0.302. The number of carbonyl (C=O) groups is 3. The predicted octanol–water partition coefficient (Wildman–Crippen LogP) is 2.58. The van der Waals surface area contributed by atoms with Crippen LogP contribution in [-0.4, -0.2) is 59.4 Å². The Kier molecular flexibility index (Phi) is 5.14.